The summed E-state index contributed by atoms with van der Waals surface area (Å²) in [6.45, 7) is 3.01. The third-order valence-corrected chi connectivity index (χ3v) is 3.46. The molecule has 1 aliphatic rings. The van der Waals surface area contributed by atoms with E-state index in [1.54, 1.807) is 6.92 Å². The SMILES string of the molecule is CC(=O)N1C[C@H](O)C[C@H]1C(=O)N[C@@H](C[C@@H](C)C#N)C(N)=O. The Labute approximate surface area is 122 Å². The number of nitrogens with two attached hydrogens (primary N) is 1. The first kappa shape index (κ1) is 16.9. The molecule has 1 saturated heterocycles. The Morgan fingerprint density at radius 3 is 2.62 bits per heavy atom. The zero-order chi connectivity index (χ0) is 16.2. The van der Waals surface area contributed by atoms with Crippen molar-refractivity contribution in [3.8, 4) is 6.07 Å². The van der Waals surface area contributed by atoms with Gasteiger partial charge in [-0.25, -0.2) is 0 Å². The predicted molar refractivity (Wildman–Crippen MR) is 72.3 cm³/mol. The van der Waals surface area contributed by atoms with Gasteiger partial charge >= 0.3 is 0 Å². The zero-order valence-electron chi connectivity index (χ0n) is 12.1. The van der Waals surface area contributed by atoms with Crippen LogP contribution in [0, 0.1) is 17.2 Å². The number of nitrogens with one attached hydrogen (secondary N) is 1. The van der Waals surface area contributed by atoms with Crippen molar-refractivity contribution in [3.05, 3.63) is 0 Å². The Balaban J connectivity index is 2.75. The maximum Gasteiger partial charge on any atom is 0.243 e. The second-order valence-corrected chi connectivity index (χ2v) is 5.31. The van der Waals surface area contributed by atoms with Gasteiger partial charge in [-0.2, -0.15) is 5.26 Å². The minimum absolute atomic E-state index is 0.0866. The van der Waals surface area contributed by atoms with Crippen LogP contribution in [0.1, 0.15) is 26.7 Å². The Morgan fingerprint density at radius 1 is 1.52 bits per heavy atom. The second kappa shape index (κ2) is 7.04. The molecule has 0 aromatic rings. The summed E-state index contributed by atoms with van der Waals surface area (Å²) in [5.74, 6) is -2.05. The minimum atomic E-state index is -0.973. The van der Waals surface area contributed by atoms with Gasteiger partial charge in [0, 0.05) is 25.8 Å². The number of aliphatic hydroxyl groups excluding tert-OH is 1. The number of β-amino-alcohol motifs (C(OH)–C–C–N with tert-alkyl or cyclic N) is 1. The monoisotopic (exact) mass is 296 g/mol. The van der Waals surface area contributed by atoms with Crippen LogP contribution < -0.4 is 11.1 Å². The van der Waals surface area contributed by atoms with Gasteiger partial charge in [0.1, 0.15) is 12.1 Å². The number of carbonyl (C=O) groups excluding carboxylic acids is 3. The van der Waals surface area contributed by atoms with E-state index in [0.717, 1.165) is 0 Å². The van der Waals surface area contributed by atoms with Crippen molar-refractivity contribution in [3.63, 3.8) is 0 Å². The quantitative estimate of drug-likeness (QED) is 0.566. The van der Waals surface area contributed by atoms with Gasteiger partial charge < -0.3 is 21.1 Å². The predicted octanol–water partition coefficient (Wildman–Crippen LogP) is -1.51. The van der Waals surface area contributed by atoms with Crippen molar-refractivity contribution in [2.24, 2.45) is 11.7 Å². The number of hydrogen-bond acceptors (Lipinski definition) is 5. The molecule has 0 spiro atoms. The van der Waals surface area contributed by atoms with E-state index in [1.807, 2.05) is 6.07 Å². The highest BCUT2D eigenvalue weighted by atomic mass is 16.3. The summed E-state index contributed by atoms with van der Waals surface area (Å²) in [5.41, 5.74) is 5.22. The molecular weight excluding hydrogens is 276 g/mol. The van der Waals surface area contributed by atoms with Crippen molar-refractivity contribution in [2.45, 2.75) is 44.9 Å². The standard InChI is InChI=1S/C13H20N4O4/c1-7(5-14)3-10(12(15)20)16-13(21)11-4-9(19)6-17(11)8(2)18/h7,9-11,19H,3-4,6H2,1-2H3,(H2,15,20)(H,16,21)/t7-,9-,10+,11+/m1/s1. The fourth-order valence-corrected chi connectivity index (χ4v) is 2.33. The van der Waals surface area contributed by atoms with E-state index in [-0.39, 0.29) is 25.3 Å². The molecule has 0 radical (unpaired) electrons. The number of rotatable bonds is 5. The third kappa shape index (κ3) is 4.43. The number of aliphatic hydroxyl groups is 1. The third-order valence-electron chi connectivity index (χ3n) is 3.46. The van der Waals surface area contributed by atoms with Crippen molar-refractivity contribution in [2.75, 3.05) is 6.54 Å². The van der Waals surface area contributed by atoms with Crippen LogP contribution in [0.25, 0.3) is 0 Å². The van der Waals surface area contributed by atoms with E-state index < -0.39 is 35.9 Å². The van der Waals surface area contributed by atoms with Crippen LogP contribution in [0.4, 0.5) is 0 Å². The maximum absolute atomic E-state index is 12.2. The molecule has 4 atom stereocenters. The molecule has 4 N–H and O–H groups in total. The van der Waals surface area contributed by atoms with E-state index in [0.29, 0.717) is 0 Å². The number of primary amides is 1. The highest BCUT2D eigenvalue weighted by molar-refractivity contribution is 5.91. The highest BCUT2D eigenvalue weighted by Gasteiger charge is 2.38. The average Bonchev–Trinajstić information content (AvgIpc) is 2.79. The summed E-state index contributed by atoms with van der Waals surface area (Å²) in [7, 11) is 0. The van der Waals surface area contributed by atoms with Gasteiger partial charge in [0.25, 0.3) is 0 Å². The lowest BCUT2D eigenvalue weighted by Crippen LogP contribution is -2.52. The zero-order valence-corrected chi connectivity index (χ0v) is 12.1. The molecule has 1 fully saturated rings. The number of likely N-dealkylation sites (tertiary alicyclic amines) is 1. The molecule has 0 bridgehead atoms. The number of amides is 3. The highest BCUT2D eigenvalue weighted by Crippen LogP contribution is 2.18. The molecular formula is C13H20N4O4. The number of hydrogen-bond donors (Lipinski definition) is 3. The molecule has 1 aliphatic heterocycles. The van der Waals surface area contributed by atoms with Gasteiger partial charge in [-0.1, -0.05) is 0 Å². The molecule has 116 valence electrons. The van der Waals surface area contributed by atoms with Gasteiger partial charge in [0.2, 0.25) is 17.7 Å². The van der Waals surface area contributed by atoms with Crippen LogP contribution in [0.2, 0.25) is 0 Å². The van der Waals surface area contributed by atoms with Crippen molar-refractivity contribution in [1.82, 2.24) is 10.2 Å². The average molecular weight is 296 g/mol. The summed E-state index contributed by atoms with van der Waals surface area (Å²) < 4.78 is 0. The van der Waals surface area contributed by atoms with Gasteiger partial charge in [-0.05, 0) is 13.3 Å². The van der Waals surface area contributed by atoms with Crippen molar-refractivity contribution in [1.29, 1.82) is 5.26 Å². The Hall–Kier alpha value is -2.14. The summed E-state index contributed by atoms with van der Waals surface area (Å²) in [6.07, 6.45) is -0.549. The van der Waals surface area contributed by atoms with Gasteiger partial charge in [-0.15, -0.1) is 0 Å². The first-order valence-electron chi connectivity index (χ1n) is 6.70. The minimum Gasteiger partial charge on any atom is -0.391 e. The fraction of sp³-hybridized carbons (Fsp3) is 0.692. The van der Waals surface area contributed by atoms with E-state index in [2.05, 4.69) is 5.32 Å². The van der Waals surface area contributed by atoms with Gasteiger partial charge in [-0.3, -0.25) is 14.4 Å². The smallest absolute Gasteiger partial charge is 0.243 e. The number of nitrogens with zero attached hydrogens (tertiary/aromatic N) is 2. The van der Waals surface area contributed by atoms with Crippen LogP contribution in [0.15, 0.2) is 0 Å². The van der Waals surface area contributed by atoms with E-state index in [9.17, 15) is 19.5 Å². The molecule has 3 amide bonds. The fourth-order valence-electron chi connectivity index (χ4n) is 2.33. The Bertz CT molecular complexity index is 473. The first-order chi connectivity index (χ1) is 9.76. The van der Waals surface area contributed by atoms with Crippen LogP contribution in [-0.4, -0.2) is 52.5 Å². The summed E-state index contributed by atoms with van der Waals surface area (Å²) in [4.78, 5) is 36.2. The second-order valence-electron chi connectivity index (χ2n) is 5.31. The lowest BCUT2D eigenvalue weighted by atomic mass is 10.0. The summed E-state index contributed by atoms with van der Waals surface area (Å²) in [5, 5.41) is 20.8. The van der Waals surface area contributed by atoms with Crippen LogP contribution in [-0.2, 0) is 14.4 Å². The Morgan fingerprint density at radius 2 is 2.14 bits per heavy atom. The lowest BCUT2D eigenvalue weighted by molar-refractivity contribution is -0.138. The normalized spacial score (nSPS) is 24.0. The molecule has 0 aromatic carbocycles. The van der Waals surface area contributed by atoms with Crippen molar-refractivity contribution >= 4 is 17.7 Å². The molecule has 0 aromatic heterocycles. The van der Waals surface area contributed by atoms with Crippen LogP contribution >= 0.6 is 0 Å². The number of carbonyl (C=O) groups is 3. The lowest BCUT2D eigenvalue weighted by Gasteiger charge is -2.24. The molecule has 8 nitrogen and oxygen atoms in total. The van der Waals surface area contributed by atoms with Crippen LogP contribution in [0.5, 0.6) is 0 Å². The van der Waals surface area contributed by atoms with Crippen LogP contribution in [0.3, 0.4) is 0 Å². The topological polar surface area (TPSA) is 137 Å². The largest absolute Gasteiger partial charge is 0.391 e. The Kier molecular flexibility index (Phi) is 5.67. The van der Waals surface area contributed by atoms with E-state index >= 15 is 0 Å². The molecule has 0 saturated carbocycles. The molecule has 1 heterocycles. The molecule has 21 heavy (non-hydrogen) atoms. The molecule has 1 rings (SSSR count). The first-order valence-corrected chi connectivity index (χ1v) is 6.70. The van der Waals surface area contributed by atoms with E-state index in [4.69, 9.17) is 11.0 Å². The molecule has 0 aliphatic carbocycles. The summed E-state index contributed by atoms with van der Waals surface area (Å²) in [6, 6.07) is 0.168. The molecule has 0 unspecified atom stereocenters. The van der Waals surface area contributed by atoms with E-state index in [1.165, 1.54) is 11.8 Å². The number of nitriles is 1. The molecule has 8 heteroatoms. The van der Waals surface area contributed by atoms with Crippen molar-refractivity contribution < 1.29 is 19.5 Å². The maximum atomic E-state index is 12.2. The van der Waals surface area contributed by atoms with Gasteiger partial charge in [0.05, 0.1) is 12.2 Å². The summed E-state index contributed by atoms with van der Waals surface area (Å²) >= 11 is 0. The van der Waals surface area contributed by atoms with Gasteiger partial charge in [0.15, 0.2) is 0 Å².